The van der Waals surface area contributed by atoms with Gasteiger partial charge in [0.1, 0.15) is 0 Å². The van der Waals surface area contributed by atoms with Gasteiger partial charge < -0.3 is 37.5 Å². The SMILES string of the molecule is NC/C=C\CN(C[C@H]1Cc2ccccc2CN1)[C@H]1CCC(c2ccc3c(c2)CN[C@@H](CN(C/C=C/CN)[C@H]2CCCc4c(-c5ccc6c(c5)CN[C@@H](CN(Cc5ccc(CNCC7CCOCC7)cc5)[C@H]5CCCc7cccnc75)C6)ccnc42)C3)c2cccnc21. The molecule has 0 spiro atoms. The van der Waals surface area contributed by atoms with Gasteiger partial charge in [-0.25, -0.2) is 0 Å². The summed E-state index contributed by atoms with van der Waals surface area (Å²) in [5, 5.41) is 15.7. The van der Waals surface area contributed by atoms with Gasteiger partial charge in [-0.3, -0.25) is 29.7 Å². The van der Waals surface area contributed by atoms with Crippen LogP contribution in [0.2, 0.25) is 0 Å². The van der Waals surface area contributed by atoms with Crippen molar-refractivity contribution in [2.75, 3.05) is 65.6 Å². The van der Waals surface area contributed by atoms with Gasteiger partial charge in [0.2, 0.25) is 0 Å². The van der Waals surface area contributed by atoms with Gasteiger partial charge in [-0.15, -0.1) is 0 Å². The van der Waals surface area contributed by atoms with Crippen molar-refractivity contribution in [3.8, 4) is 11.1 Å². The molecule has 13 heteroatoms. The normalized spacial score (nSPS) is 23.1. The van der Waals surface area contributed by atoms with E-state index >= 15 is 0 Å². The molecule has 4 aliphatic heterocycles. The Labute approximate surface area is 547 Å². The van der Waals surface area contributed by atoms with Gasteiger partial charge in [-0.1, -0.05) is 115 Å². The van der Waals surface area contributed by atoms with Crippen molar-refractivity contribution in [3.05, 3.63) is 242 Å². The number of nitrogens with zero attached hydrogens (tertiary/aromatic N) is 6. The number of hydrogen-bond acceptors (Lipinski definition) is 13. The lowest BCUT2D eigenvalue weighted by atomic mass is 9.77. The average molecular weight is 1230 g/mol. The van der Waals surface area contributed by atoms with E-state index in [4.69, 9.17) is 31.2 Å². The van der Waals surface area contributed by atoms with E-state index in [-0.39, 0.29) is 12.1 Å². The molecule has 0 bridgehead atoms. The Kier molecular flexibility index (Phi) is 20.6. The average Bonchev–Trinajstić information content (AvgIpc) is 0.856. The maximum absolute atomic E-state index is 6.10. The van der Waals surface area contributed by atoms with Crippen LogP contribution in [0.15, 0.2) is 158 Å². The first-order chi connectivity index (χ1) is 45.5. The fraction of sp³-hybridized carbons (Fsp3) is 0.456. The minimum Gasteiger partial charge on any atom is -0.381 e. The van der Waals surface area contributed by atoms with Crippen LogP contribution in [0, 0.1) is 5.92 Å². The van der Waals surface area contributed by atoms with Crippen molar-refractivity contribution < 1.29 is 4.74 Å². The molecule has 8 N–H and O–H groups in total. The second kappa shape index (κ2) is 30.2. The van der Waals surface area contributed by atoms with Crippen LogP contribution in [0.4, 0.5) is 0 Å². The van der Waals surface area contributed by atoms with E-state index in [1.165, 1.54) is 101 Å². The van der Waals surface area contributed by atoms with Crippen molar-refractivity contribution >= 4 is 0 Å². The summed E-state index contributed by atoms with van der Waals surface area (Å²) in [6.07, 6.45) is 29.1. The molecule has 7 aromatic rings. The molecular formula is C79H98N12O. The van der Waals surface area contributed by atoms with E-state index in [9.17, 15) is 0 Å². The van der Waals surface area contributed by atoms with E-state index in [1.54, 1.807) is 0 Å². The highest BCUT2D eigenvalue weighted by molar-refractivity contribution is 5.70. The van der Waals surface area contributed by atoms with Crippen molar-refractivity contribution in [1.29, 1.82) is 0 Å². The monoisotopic (exact) mass is 1230 g/mol. The Morgan fingerprint density at radius 1 is 0.511 bits per heavy atom. The molecule has 7 heterocycles. The third kappa shape index (κ3) is 14.7. The van der Waals surface area contributed by atoms with Gasteiger partial charge in [0.15, 0.2) is 0 Å². The molecule has 3 aliphatic carbocycles. The predicted octanol–water partition coefficient (Wildman–Crippen LogP) is 11.1. The molecule has 13 nitrogen and oxygen atoms in total. The molecule has 7 atom stereocenters. The number of rotatable bonds is 23. The predicted molar refractivity (Wildman–Crippen MR) is 371 cm³/mol. The largest absolute Gasteiger partial charge is 0.381 e. The highest BCUT2D eigenvalue weighted by Gasteiger charge is 2.37. The Hall–Kier alpha value is -6.59. The Morgan fingerprint density at radius 3 is 1.85 bits per heavy atom. The number of aromatic nitrogens is 3. The molecule has 4 aromatic carbocycles. The van der Waals surface area contributed by atoms with E-state index in [1.807, 2.05) is 12.4 Å². The van der Waals surface area contributed by atoms with Crippen LogP contribution in [0.3, 0.4) is 0 Å². The molecule has 92 heavy (non-hydrogen) atoms. The Balaban J connectivity index is 0.638. The lowest BCUT2D eigenvalue weighted by Crippen LogP contribution is -2.46. The lowest BCUT2D eigenvalue weighted by Gasteiger charge is -2.40. The van der Waals surface area contributed by atoms with E-state index < -0.39 is 0 Å². The third-order valence-electron chi connectivity index (χ3n) is 21.7. The van der Waals surface area contributed by atoms with Gasteiger partial charge in [-0.05, 0) is 198 Å². The van der Waals surface area contributed by atoms with E-state index in [2.05, 4.69) is 182 Å². The van der Waals surface area contributed by atoms with Gasteiger partial charge in [0.05, 0.1) is 35.2 Å². The van der Waals surface area contributed by atoms with Gasteiger partial charge in [0.25, 0.3) is 0 Å². The number of hydrogen-bond donors (Lipinski definition) is 6. The molecule has 480 valence electrons. The van der Waals surface area contributed by atoms with Gasteiger partial charge in [-0.2, -0.15) is 0 Å². The van der Waals surface area contributed by atoms with Gasteiger partial charge in [0, 0.05) is 134 Å². The lowest BCUT2D eigenvalue weighted by molar-refractivity contribution is 0.0662. The minimum absolute atomic E-state index is 0.218. The maximum atomic E-state index is 6.10. The second-order valence-electron chi connectivity index (χ2n) is 27.6. The summed E-state index contributed by atoms with van der Waals surface area (Å²) in [4.78, 5) is 23.6. The van der Waals surface area contributed by atoms with Crippen molar-refractivity contribution in [2.24, 2.45) is 17.4 Å². The third-order valence-corrected chi connectivity index (χ3v) is 21.7. The molecular weight excluding hydrogens is 1130 g/mol. The number of pyridine rings is 3. The Morgan fingerprint density at radius 2 is 1.11 bits per heavy atom. The summed E-state index contributed by atoms with van der Waals surface area (Å²) in [5.41, 5.74) is 35.5. The zero-order chi connectivity index (χ0) is 62.0. The molecule has 7 aliphatic rings. The first kappa shape index (κ1) is 62.8. The summed E-state index contributed by atoms with van der Waals surface area (Å²) in [7, 11) is 0. The number of fused-ring (bicyclic) bond motifs is 6. The smallest absolute Gasteiger partial charge is 0.0613 e. The van der Waals surface area contributed by atoms with Crippen LogP contribution in [-0.4, -0.2) is 113 Å². The molecule has 14 rings (SSSR count). The van der Waals surface area contributed by atoms with Crippen LogP contribution < -0.4 is 32.7 Å². The molecule has 0 amide bonds. The van der Waals surface area contributed by atoms with E-state index in [0.717, 1.165) is 168 Å². The summed E-state index contributed by atoms with van der Waals surface area (Å²) in [5.74, 6) is 1.03. The first-order valence-electron chi connectivity index (χ1n) is 35.1. The maximum Gasteiger partial charge on any atom is 0.0613 e. The Bertz CT molecular complexity index is 3650. The van der Waals surface area contributed by atoms with Crippen LogP contribution in [0.1, 0.15) is 159 Å². The summed E-state index contributed by atoms with van der Waals surface area (Å²) in [6.45, 7) is 13.0. The second-order valence-corrected chi connectivity index (χ2v) is 27.6. The van der Waals surface area contributed by atoms with Crippen molar-refractivity contribution in [2.45, 2.75) is 158 Å². The summed E-state index contributed by atoms with van der Waals surface area (Å²) < 4.78 is 5.59. The number of aryl methyl sites for hydroxylation is 1. The van der Waals surface area contributed by atoms with Crippen LogP contribution in [0.25, 0.3) is 11.1 Å². The summed E-state index contributed by atoms with van der Waals surface area (Å²) >= 11 is 0. The fourth-order valence-corrected chi connectivity index (χ4v) is 16.8. The summed E-state index contributed by atoms with van der Waals surface area (Å²) in [6, 6.07) is 46.0. The number of nitrogens with two attached hydrogens (primary N) is 2. The number of benzene rings is 4. The number of ether oxygens (including phenoxy) is 1. The zero-order valence-corrected chi connectivity index (χ0v) is 54.2. The standard InChI is InChI=1S/C79H98N12O/c80-32-3-5-37-89(52-68-44-60-23-25-62(41-65(60)49-87-68)70-27-28-76(79-73(70)16-10-35-84-79)90(38-6-4-33-81)53-67-43-59-11-1-2-12-64(59)48-86-67)75-18-8-15-72-71(29-36-85-78(72)75)63-26-24-61-45-69(88-50-66(61)42-63)54-91(74-17-7-13-58-14-9-34-83-77(58)74)51-57-21-19-55(20-22-57)46-82-47-56-30-39-92-40-31-56/h1-6,9-12,14,16,19-26,29,34-36,41-42,56,67-70,74-76,82,86-88H,7-8,13,15,17-18,27-28,30-33,37-40,43-54,80-81H2/b5-3+,6-4-/t67-,68-,69-,70?,74+,75+,76+/m1/s1. The van der Waals surface area contributed by atoms with E-state index in [0.29, 0.717) is 43.2 Å². The highest BCUT2D eigenvalue weighted by atomic mass is 16.5. The molecule has 3 aromatic heterocycles. The van der Waals surface area contributed by atoms with Crippen LogP contribution in [-0.2, 0) is 69.6 Å². The van der Waals surface area contributed by atoms with Gasteiger partial charge >= 0.3 is 0 Å². The zero-order valence-electron chi connectivity index (χ0n) is 54.2. The van der Waals surface area contributed by atoms with Crippen LogP contribution in [0.5, 0.6) is 0 Å². The fourth-order valence-electron chi connectivity index (χ4n) is 16.8. The quantitative estimate of drug-likeness (QED) is 0.0337. The number of nitrogens with one attached hydrogen (secondary N) is 4. The van der Waals surface area contributed by atoms with Crippen molar-refractivity contribution in [1.82, 2.24) is 50.9 Å². The van der Waals surface area contributed by atoms with Crippen LogP contribution >= 0.6 is 0 Å². The minimum atomic E-state index is 0.218. The molecule has 1 fully saturated rings. The first-order valence-corrected chi connectivity index (χ1v) is 35.1. The molecule has 1 unspecified atom stereocenters. The molecule has 1 saturated heterocycles. The van der Waals surface area contributed by atoms with Crippen molar-refractivity contribution in [3.63, 3.8) is 0 Å². The molecule has 0 saturated carbocycles. The highest BCUT2D eigenvalue weighted by Crippen LogP contribution is 2.45. The topological polar surface area (TPSA) is 158 Å². The molecule has 0 radical (unpaired) electrons.